The Hall–Kier alpha value is -0.0800. The molecule has 0 spiro atoms. The molecule has 0 saturated heterocycles. The normalized spacial score (nSPS) is 20.0. The Balaban J connectivity index is 2.10. The van der Waals surface area contributed by atoms with E-state index in [1.807, 2.05) is 0 Å². The van der Waals surface area contributed by atoms with Gasteiger partial charge in [0.25, 0.3) is 0 Å². The molecule has 1 N–H and O–H groups in total. The Morgan fingerprint density at radius 2 is 2.00 bits per heavy atom. The molecule has 1 aliphatic rings. The van der Waals surface area contributed by atoms with Gasteiger partial charge in [-0.2, -0.15) is 0 Å². The molecule has 0 aromatic carbocycles. The van der Waals surface area contributed by atoms with E-state index < -0.39 is 0 Å². The summed E-state index contributed by atoms with van der Waals surface area (Å²) in [6.45, 7) is 8.17. The fourth-order valence-electron chi connectivity index (χ4n) is 2.58. The molecular formula is C13H28N2. The summed E-state index contributed by atoms with van der Waals surface area (Å²) in [5.41, 5.74) is 0. The molecule has 0 aliphatic heterocycles. The quantitative estimate of drug-likeness (QED) is 0.652. The van der Waals surface area contributed by atoms with E-state index in [1.54, 1.807) is 0 Å². The highest BCUT2D eigenvalue weighted by molar-refractivity contribution is 4.76. The first-order valence-electron chi connectivity index (χ1n) is 6.65. The Labute approximate surface area is 95.4 Å². The van der Waals surface area contributed by atoms with Gasteiger partial charge in [-0.05, 0) is 45.3 Å². The lowest BCUT2D eigenvalue weighted by Crippen LogP contribution is -2.36. The van der Waals surface area contributed by atoms with Gasteiger partial charge >= 0.3 is 0 Å². The van der Waals surface area contributed by atoms with Crippen molar-refractivity contribution < 1.29 is 0 Å². The SMILES string of the molecule is CCCNCC(C)CN(C)C1CCCC1. The van der Waals surface area contributed by atoms with Crippen LogP contribution >= 0.6 is 0 Å². The average molecular weight is 212 g/mol. The van der Waals surface area contributed by atoms with Crippen molar-refractivity contribution >= 4 is 0 Å². The molecule has 1 fully saturated rings. The van der Waals surface area contributed by atoms with Crippen molar-refractivity contribution in [3.8, 4) is 0 Å². The van der Waals surface area contributed by atoms with Crippen molar-refractivity contribution in [3.05, 3.63) is 0 Å². The highest BCUT2D eigenvalue weighted by atomic mass is 15.1. The number of hydrogen-bond donors (Lipinski definition) is 1. The standard InChI is InChI=1S/C13H28N2/c1-4-9-14-10-12(2)11-15(3)13-7-5-6-8-13/h12-14H,4-11H2,1-3H3. The summed E-state index contributed by atoms with van der Waals surface area (Å²) in [4.78, 5) is 2.57. The van der Waals surface area contributed by atoms with Crippen LogP contribution in [0.1, 0.15) is 46.0 Å². The molecule has 2 heteroatoms. The van der Waals surface area contributed by atoms with Gasteiger partial charge in [0, 0.05) is 12.6 Å². The third kappa shape index (κ3) is 4.98. The van der Waals surface area contributed by atoms with Gasteiger partial charge in [-0.25, -0.2) is 0 Å². The van der Waals surface area contributed by atoms with E-state index in [9.17, 15) is 0 Å². The molecule has 0 amide bonds. The summed E-state index contributed by atoms with van der Waals surface area (Å²) >= 11 is 0. The van der Waals surface area contributed by atoms with Crippen LogP contribution in [0.15, 0.2) is 0 Å². The number of nitrogens with zero attached hydrogens (tertiary/aromatic N) is 1. The van der Waals surface area contributed by atoms with Crippen LogP contribution in [-0.4, -0.2) is 37.6 Å². The number of rotatable bonds is 7. The molecule has 2 nitrogen and oxygen atoms in total. The zero-order valence-corrected chi connectivity index (χ0v) is 10.8. The van der Waals surface area contributed by atoms with Crippen LogP contribution in [0.5, 0.6) is 0 Å². The largest absolute Gasteiger partial charge is 0.316 e. The van der Waals surface area contributed by atoms with Crippen LogP contribution in [-0.2, 0) is 0 Å². The second-order valence-electron chi connectivity index (χ2n) is 5.19. The second kappa shape index (κ2) is 7.24. The molecule has 1 rings (SSSR count). The average Bonchev–Trinajstić information content (AvgIpc) is 2.70. The summed E-state index contributed by atoms with van der Waals surface area (Å²) in [6, 6.07) is 0.874. The van der Waals surface area contributed by atoms with Crippen molar-refractivity contribution in [2.45, 2.75) is 52.0 Å². The molecule has 0 bridgehead atoms. The molecule has 15 heavy (non-hydrogen) atoms. The molecule has 1 atom stereocenters. The Morgan fingerprint density at radius 3 is 2.60 bits per heavy atom. The number of hydrogen-bond acceptors (Lipinski definition) is 2. The minimum atomic E-state index is 0.780. The molecule has 90 valence electrons. The molecule has 0 aromatic rings. The zero-order valence-electron chi connectivity index (χ0n) is 10.8. The number of nitrogens with one attached hydrogen (secondary N) is 1. The van der Waals surface area contributed by atoms with Gasteiger partial charge in [-0.3, -0.25) is 0 Å². The van der Waals surface area contributed by atoms with Gasteiger partial charge < -0.3 is 10.2 Å². The van der Waals surface area contributed by atoms with Crippen LogP contribution < -0.4 is 5.32 Å². The zero-order chi connectivity index (χ0) is 11.1. The van der Waals surface area contributed by atoms with Gasteiger partial charge in [0.15, 0.2) is 0 Å². The first-order valence-corrected chi connectivity index (χ1v) is 6.65. The molecule has 1 unspecified atom stereocenters. The van der Waals surface area contributed by atoms with Crippen LogP contribution in [0.4, 0.5) is 0 Å². The maximum absolute atomic E-state index is 3.50. The summed E-state index contributed by atoms with van der Waals surface area (Å²) in [5, 5.41) is 3.50. The maximum Gasteiger partial charge on any atom is 0.00923 e. The predicted molar refractivity (Wildman–Crippen MR) is 67.2 cm³/mol. The van der Waals surface area contributed by atoms with E-state index in [-0.39, 0.29) is 0 Å². The summed E-state index contributed by atoms with van der Waals surface area (Å²) in [5.74, 6) is 0.780. The van der Waals surface area contributed by atoms with Crippen molar-refractivity contribution in [2.75, 3.05) is 26.7 Å². The second-order valence-corrected chi connectivity index (χ2v) is 5.19. The van der Waals surface area contributed by atoms with Gasteiger partial charge in [-0.15, -0.1) is 0 Å². The van der Waals surface area contributed by atoms with Crippen molar-refractivity contribution in [3.63, 3.8) is 0 Å². The van der Waals surface area contributed by atoms with Crippen LogP contribution in [0.3, 0.4) is 0 Å². The monoisotopic (exact) mass is 212 g/mol. The molecule has 0 heterocycles. The molecule has 0 aromatic heterocycles. The van der Waals surface area contributed by atoms with E-state index in [0.29, 0.717) is 0 Å². The Kier molecular flexibility index (Phi) is 6.26. The summed E-state index contributed by atoms with van der Waals surface area (Å²) in [7, 11) is 2.30. The van der Waals surface area contributed by atoms with E-state index in [4.69, 9.17) is 0 Å². The molecule has 1 aliphatic carbocycles. The lowest BCUT2D eigenvalue weighted by Gasteiger charge is -2.27. The van der Waals surface area contributed by atoms with Crippen LogP contribution in [0, 0.1) is 5.92 Å². The van der Waals surface area contributed by atoms with Crippen LogP contribution in [0.2, 0.25) is 0 Å². The van der Waals surface area contributed by atoms with E-state index in [1.165, 1.54) is 45.2 Å². The first-order chi connectivity index (χ1) is 7.24. The topological polar surface area (TPSA) is 15.3 Å². The fraction of sp³-hybridized carbons (Fsp3) is 1.00. The summed E-state index contributed by atoms with van der Waals surface area (Å²) in [6.07, 6.45) is 6.97. The molecular weight excluding hydrogens is 184 g/mol. The Bertz CT molecular complexity index is 153. The van der Waals surface area contributed by atoms with Crippen molar-refractivity contribution in [1.82, 2.24) is 10.2 Å². The minimum absolute atomic E-state index is 0.780. The van der Waals surface area contributed by atoms with E-state index >= 15 is 0 Å². The van der Waals surface area contributed by atoms with Crippen molar-refractivity contribution in [1.29, 1.82) is 0 Å². The highest BCUT2D eigenvalue weighted by Crippen LogP contribution is 2.22. The first kappa shape index (κ1) is 13.0. The molecule has 0 radical (unpaired) electrons. The third-order valence-corrected chi connectivity index (χ3v) is 3.47. The fourth-order valence-corrected chi connectivity index (χ4v) is 2.58. The minimum Gasteiger partial charge on any atom is -0.316 e. The van der Waals surface area contributed by atoms with Gasteiger partial charge in [0.2, 0.25) is 0 Å². The third-order valence-electron chi connectivity index (χ3n) is 3.47. The lowest BCUT2D eigenvalue weighted by molar-refractivity contribution is 0.212. The molecule has 1 saturated carbocycles. The smallest absolute Gasteiger partial charge is 0.00923 e. The Morgan fingerprint density at radius 1 is 1.33 bits per heavy atom. The van der Waals surface area contributed by atoms with Gasteiger partial charge in [-0.1, -0.05) is 26.7 Å². The highest BCUT2D eigenvalue weighted by Gasteiger charge is 2.20. The van der Waals surface area contributed by atoms with Gasteiger partial charge in [0.1, 0.15) is 0 Å². The van der Waals surface area contributed by atoms with E-state index in [2.05, 4.69) is 31.1 Å². The van der Waals surface area contributed by atoms with Crippen LogP contribution in [0.25, 0.3) is 0 Å². The lowest BCUT2D eigenvalue weighted by atomic mass is 10.1. The maximum atomic E-state index is 3.50. The van der Waals surface area contributed by atoms with Gasteiger partial charge in [0.05, 0.1) is 0 Å². The summed E-state index contributed by atoms with van der Waals surface area (Å²) < 4.78 is 0. The van der Waals surface area contributed by atoms with Crippen molar-refractivity contribution in [2.24, 2.45) is 5.92 Å². The predicted octanol–water partition coefficient (Wildman–Crippen LogP) is 2.50. The van der Waals surface area contributed by atoms with E-state index in [0.717, 1.165) is 18.5 Å².